The Kier molecular flexibility index (Phi) is 3.40. The molecular formula is C14H16N2O. The van der Waals surface area contributed by atoms with Crippen molar-refractivity contribution >= 4 is 0 Å². The van der Waals surface area contributed by atoms with E-state index in [4.69, 9.17) is 10.5 Å². The first-order chi connectivity index (χ1) is 8.20. The fourth-order valence-corrected chi connectivity index (χ4v) is 1.70. The van der Waals surface area contributed by atoms with Gasteiger partial charge in [-0.05, 0) is 31.5 Å². The maximum atomic E-state index is 5.84. The SMILES string of the molecule is Cc1ccc(Oc2cnccc2CN)c(C)c1. The van der Waals surface area contributed by atoms with Gasteiger partial charge < -0.3 is 10.5 Å². The molecule has 0 aliphatic carbocycles. The van der Waals surface area contributed by atoms with Gasteiger partial charge in [-0.1, -0.05) is 17.7 Å². The Morgan fingerprint density at radius 2 is 2.00 bits per heavy atom. The summed E-state index contributed by atoms with van der Waals surface area (Å²) in [5, 5.41) is 0. The first kappa shape index (κ1) is 11.6. The minimum Gasteiger partial charge on any atom is -0.455 e. The highest BCUT2D eigenvalue weighted by molar-refractivity contribution is 5.41. The molecule has 3 heteroatoms. The van der Waals surface area contributed by atoms with E-state index in [-0.39, 0.29) is 0 Å². The molecule has 0 radical (unpaired) electrons. The molecule has 88 valence electrons. The molecule has 0 bridgehead atoms. The zero-order chi connectivity index (χ0) is 12.3. The third-order valence-corrected chi connectivity index (χ3v) is 2.64. The van der Waals surface area contributed by atoms with E-state index in [1.165, 1.54) is 5.56 Å². The third-order valence-electron chi connectivity index (χ3n) is 2.64. The van der Waals surface area contributed by atoms with E-state index in [0.29, 0.717) is 6.54 Å². The first-order valence-corrected chi connectivity index (χ1v) is 5.59. The predicted molar refractivity (Wildman–Crippen MR) is 68.1 cm³/mol. The smallest absolute Gasteiger partial charge is 0.150 e. The summed E-state index contributed by atoms with van der Waals surface area (Å²) in [6.45, 7) is 4.54. The number of nitrogens with two attached hydrogens (primary N) is 1. The Balaban J connectivity index is 2.31. The van der Waals surface area contributed by atoms with Crippen molar-refractivity contribution in [2.24, 2.45) is 5.73 Å². The monoisotopic (exact) mass is 228 g/mol. The van der Waals surface area contributed by atoms with E-state index >= 15 is 0 Å². The summed E-state index contributed by atoms with van der Waals surface area (Å²) in [7, 11) is 0. The molecule has 0 fully saturated rings. The Bertz CT molecular complexity index is 523. The predicted octanol–water partition coefficient (Wildman–Crippen LogP) is 2.95. The molecule has 1 heterocycles. The average molecular weight is 228 g/mol. The number of aromatic nitrogens is 1. The lowest BCUT2D eigenvalue weighted by Gasteiger charge is -2.11. The van der Waals surface area contributed by atoms with Crippen molar-refractivity contribution in [2.45, 2.75) is 20.4 Å². The Labute approximate surface area is 101 Å². The number of ether oxygens (including phenoxy) is 1. The van der Waals surface area contributed by atoms with Crippen molar-refractivity contribution in [3.63, 3.8) is 0 Å². The molecule has 0 aliphatic heterocycles. The van der Waals surface area contributed by atoms with Crippen molar-refractivity contribution in [1.82, 2.24) is 4.98 Å². The standard InChI is InChI=1S/C14H16N2O/c1-10-3-4-13(11(2)7-10)17-14-9-16-6-5-12(14)8-15/h3-7,9H,8,15H2,1-2H3. The third kappa shape index (κ3) is 2.63. The van der Waals surface area contributed by atoms with E-state index in [9.17, 15) is 0 Å². The second kappa shape index (κ2) is 4.97. The summed E-state index contributed by atoms with van der Waals surface area (Å²) in [4.78, 5) is 4.06. The molecule has 0 amide bonds. The van der Waals surface area contributed by atoms with Crippen molar-refractivity contribution in [3.8, 4) is 11.5 Å². The molecule has 0 spiro atoms. The molecule has 1 aromatic carbocycles. The van der Waals surface area contributed by atoms with E-state index in [2.05, 4.69) is 18.0 Å². The van der Waals surface area contributed by atoms with Gasteiger partial charge in [-0.15, -0.1) is 0 Å². The normalized spacial score (nSPS) is 10.3. The minimum atomic E-state index is 0.447. The van der Waals surface area contributed by atoms with Gasteiger partial charge in [-0.3, -0.25) is 4.98 Å². The molecule has 0 saturated heterocycles. The van der Waals surface area contributed by atoms with Gasteiger partial charge in [0, 0.05) is 18.3 Å². The Morgan fingerprint density at radius 1 is 1.18 bits per heavy atom. The number of rotatable bonds is 3. The number of aryl methyl sites for hydroxylation is 2. The van der Waals surface area contributed by atoms with E-state index in [1.807, 2.05) is 25.1 Å². The Hall–Kier alpha value is -1.87. The highest BCUT2D eigenvalue weighted by atomic mass is 16.5. The topological polar surface area (TPSA) is 48.1 Å². The molecule has 0 atom stereocenters. The van der Waals surface area contributed by atoms with Crippen LogP contribution in [0.5, 0.6) is 11.5 Å². The highest BCUT2D eigenvalue weighted by Crippen LogP contribution is 2.27. The van der Waals surface area contributed by atoms with Crippen molar-refractivity contribution in [2.75, 3.05) is 0 Å². The van der Waals surface area contributed by atoms with E-state index in [0.717, 1.165) is 22.6 Å². The number of benzene rings is 1. The summed E-state index contributed by atoms with van der Waals surface area (Å²) in [6.07, 6.45) is 3.42. The summed E-state index contributed by atoms with van der Waals surface area (Å²) in [5.41, 5.74) is 8.95. The summed E-state index contributed by atoms with van der Waals surface area (Å²) in [6, 6.07) is 7.96. The van der Waals surface area contributed by atoms with Gasteiger partial charge in [0.25, 0.3) is 0 Å². The van der Waals surface area contributed by atoms with Crippen LogP contribution in [0.1, 0.15) is 16.7 Å². The molecule has 1 aromatic heterocycles. The quantitative estimate of drug-likeness (QED) is 0.878. The molecule has 0 unspecified atom stereocenters. The second-order valence-corrected chi connectivity index (χ2v) is 4.06. The van der Waals surface area contributed by atoms with Gasteiger partial charge in [-0.2, -0.15) is 0 Å². The molecule has 17 heavy (non-hydrogen) atoms. The number of pyridine rings is 1. The van der Waals surface area contributed by atoms with Crippen LogP contribution in [-0.4, -0.2) is 4.98 Å². The van der Waals surface area contributed by atoms with Crippen molar-refractivity contribution < 1.29 is 4.74 Å². The van der Waals surface area contributed by atoms with Crippen LogP contribution >= 0.6 is 0 Å². The molecule has 2 rings (SSSR count). The van der Waals surface area contributed by atoms with Crippen LogP contribution in [0.25, 0.3) is 0 Å². The maximum Gasteiger partial charge on any atom is 0.150 e. The van der Waals surface area contributed by atoms with Crippen LogP contribution in [0.2, 0.25) is 0 Å². The highest BCUT2D eigenvalue weighted by Gasteiger charge is 2.05. The maximum absolute atomic E-state index is 5.84. The van der Waals surface area contributed by atoms with Crippen LogP contribution in [0, 0.1) is 13.8 Å². The summed E-state index contributed by atoms with van der Waals surface area (Å²) < 4.78 is 5.84. The summed E-state index contributed by atoms with van der Waals surface area (Å²) in [5.74, 6) is 1.57. The molecule has 0 aliphatic rings. The van der Waals surface area contributed by atoms with Crippen LogP contribution in [0.4, 0.5) is 0 Å². The van der Waals surface area contributed by atoms with Crippen LogP contribution in [0.3, 0.4) is 0 Å². The van der Waals surface area contributed by atoms with Crippen LogP contribution in [-0.2, 0) is 6.54 Å². The zero-order valence-corrected chi connectivity index (χ0v) is 10.1. The van der Waals surface area contributed by atoms with E-state index in [1.54, 1.807) is 12.4 Å². The lowest BCUT2D eigenvalue weighted by Crippen LogP contribution is -2.00. The number of hydrogen-bond acceptors (Lipinski definition) is 3. The molecule has 2 N–H and O–H groups in total. The zero-order valence-electron chi connectivity index (χ0n) is 10.1. The van der Waals surface area contributed by atoms with Gasteiger partial charge in [0.05, 0.1) is 6.20 Å². The van der Waals surface area contributed by atoms with Crippen molar-refractivity contribution in [1.29, 1.82) is 0 Å². The van der Waals surface area contributed by atoms with Gasteiger partial charge >= 0.3 is 0 Å². The number of nitrogens with zero attached hydrogens (tertiary/aromatic N) is 1. The second-order valence-electron chi connectivity index (χ2n) is 4.06. The molecule has 0 saturated carbocycles. The summed E-state index contributed by atoms with van der Waals surface area (Å²) >= 11 is 0. The van der Waals surface area contributed by atoms with Crippen LogP contribution < -0.4 is 10.5 Å². The fraction of sp³-hybridized carbons (Fsp3) is 0.214. The first-order valence-electron chi connectivity index (χ1n) is 5.59. The number of hydrogen-bond donors (Lipinski definition) is 1. The fourth-order valence-electron chi connectivity index (χ4n) is 1.70. The van der Waals surface area contributed by atoms with Gasteiger partial charge in [0.2, 0.25) is 0 Å². The minimum absolute atomic E-state index is 0.447. The Morgan fingerprint density at radius 3 is 2.71 bits per heavy atom. The molecule has 2 aromatic rings. The lowest BCUT2D eigenvalue weighted by atomic mass is 10.1. The average Bonchev–Trinajstić information content (AvgIpc) is 2.33. The molecule has 3 nitrogen and oxygen atoms in total. The van der Waals surface area contributed by atoms with Crippen molar-refractivity contribution in [3.05, 3.63) is 53.3 Å². The lowest BCUT2D eigenvalue weighted by molar-refractivity contribution is 0.470. The van der Waals surface area contributed by atoms with Crippen LogP contribution in [0.15, 0.2) is 36.7 Å². The largest absolute Gasteiger partial charge is 0.455 e. The van der Waals surface area contributed by atoms with E-state index < -0.39 is 0 Å². The van der Waals surface area contributed by atoms with Gasteiger partial charge in [0.1, 0.15) is 11.5 Å². The van der Waals surface area contributed by atoms with Gasteiger partial charge in [0.15, 0.2) is 0 Å². The van der Waals surface area contributed by atoms with Gasteiger partial charge in [-0.25, -0.2) is 0 Å². The molecular weight excluding hydrogens is 212 g/mol.